The normalized spacial score (nSPS) is 14.9. The molecule has 0 aliphatic rings. The topological polar surface area (TPSA) is 147 Å². The highest BCUT2D eigenvalue weighted by Gasteiger charge is 2.41. The highest BCUT2D eigenvalue weighted by atomic mass is 31.2. The van der Waals surface area contributed by atoms with E-state index in [2.05, 4.69) is 0 Å². The van der Waals surface area contributed by atoms with E-state index < -0.39 is 49.1 Å². The molecule has 218 valence electrons. The summed E-state index contributed by atoms with van der Waals surface area (Å²) >= 11 is 0. The molecule has 0 saturated carbocycles. The molecule has 0 heterocycles. The van der Waals surface area contributed by atoms with Crippen molar-refractivity contribution in [3.63, 3.8) is 0 Å². The molecule has 3 rings (SSSR count). The first kappa shape index (κ1) is 31.7. The molecule has 4 N–H and O–H groups in total. The molecular formula is C31H37N2O7P. The Hall–Kier alpha value is -3.78. The maximum absolute atomic E-state index is 13.9. The molecule has 0 aliphatic carbocycles. The second-order valence-electron chi connectivity index (χ2n) is 10.4. The molecule has 0 fully saturated rings. The van der Waals surface area contributed by atoms with Gasteiger partial charge in [-0.1, -0.05) is 86.6 Å². The van der Waals surface area contributed by atoms with E-state index in [0.29, 0.717) is 11.3 Å². The highest BCUT2D eigenvalue weighted by molar-refractivity contribution is 7.59. The number of nitrogens with two attached hydrogens (primary N) is 1. The van der Waals surface area contributed by atoms with Crippen molar-refractivity contribution in [3.8, 4) is 11.1 Å². The van der Waals surface area contributed by atoms with Crippen LogP contribution in [0.15, 0.2) is 84.9 Å². The molecule has 3 aromatic carbocycles. The van der Waals surface area contributed by atoms with E-state index in [1.807, 2.05) is 44.2 Å². The van der Waals surface area contributed by atoms with E-state index in [-0.39, 0.29) is 18.9 Å². The van der Waals surface area contributed by atoms with Crippen molar-refractivity contribution in [2.75, 3.05) is 11.1 Å². The number of carbonyl (C=O) groups is 3. The van der Waals surface area contributed by atoms with E-state index in [0.717, 1.165) is 16.0 Å². The molecule has 3 unspecified atom stereocenters. The van der Waals surface area contributed by atoms with Crippen LogP contribution in [0.1, 0.15) is 32.8 Å². The van der Waals surface area contributed by atoms with Crippen LogP contribution in [0.3, 0.4) is 0 Å². The molecule has 0 spiro atoms. The molecule has 9 nitrogen and oxygen atoms in total. The van der Waals surface area contributed by atoms with Gasteiger partial charge in [-0.25, -0.2) is 9.59 Å². The monoisotopic (exact) mass is 580 g/mol. The molecule has 0 aromatic heterocycles. The van der Waals surface area contributed by atoms with Gasteiger partial charge >= 0.3 is 11.9 Å². The van der Waals surface area contributed by atoms with Crippen LogP contribution >= 0.6 is 7.37 Å². The van der Waals surface area contributed by atoms with Gasteiger partial charge in [0, 0.05) is 17.8 Å². The zero-order chi connectivity index (χ0) is 30.2. The first-order valence-corrected chi connectivity index (χ1v) is 15.3. The second kappa shape index (κ2) is 14.2. The predicted molar refractivity (Wildman–Crippen MR) is 158 cm³/mol. The van der Waals surface area contributed by atoms with Crippen molar-refractivity contribution in [1.82, 2.24) is 0 Å². The number of aliphatic carboxylic acids is 1. The molecule has 4 atom stereocenters. The number of ether oxygens (including phenoxy) is 1. The van der Waals surface area contributed by atoms with Gasteiger partial charge in [-0.3, -0.25) is 14.3 Å². The highest BCUT2D eigenvalue weighted by Crippen LogP contribution is 2.47. The lowest BCUT2D eigenvalue weighted by Gasteiger charge is -2.32. The number of anilines is 1. The van der Waals surface area contributed by atoms with Gasteiger partial charge in [-0.15, -0.1) is 0 Å². The lowest BCUT2D eigenvalue weighted by atomic mass is 9.96. The summed E-state index contributed by atoms with van der Waals surface area (Å²) in [5, 5.41) is 9.83. The number of esters is 1. The number of hydrogen-bond donors (Lipinski definition) is 3. The Bertz CT molecular complexity index is 1360. The van der Waals surface area contributed by atoms with Crippen LogP contribution in [0.2, 0.25) is 0 Å². The van der Waals surface area contributed by atoms with Crippen LogP contribution in [0.4, 0.5) is 5.69 Å². The molecule has 0 aliphatic heterocycles. The summed E-state index contributed by atoms with van der Waals surface area (Å²) < 4.78 is 18.5. The van der Waals surface area contributed by atoms with Gasteiger partial charge in [-0.05, 0) is 48.1 Å². The zero-order valence-corrected chi connectivity index (χ0v) is 24.3. The largest absolute Gasteiger partial charge is 0.480 e. The van der Waals surface area contributed by atoms with Crippen LogP contribution < -0.4 is 10.6 Å². The smallest absolute Gasteiger partial charge is 0.333 e. The number of carbonyl (C=O) groups excluding carboxylic acids is 2. The van der Waals surface area contributed by atoms with Crippen LogP contribution in [-0.2, 0) is 30.3 Å². The van der Waals surface area contributed by atoms with Gasteiger partial charge < -0.3 is 20.5 Å². The Kier molecular flexibility index (Phi) is 11.0. The maximum atomic E-state index is 13.9. The van der Waals surface area contributed by atoms with Crippen molar-refractivity contribution >= 4 is 30.9 Å². The minimum Gasteiger partial charge on any atom is -0.480 e. The first-order chi connectivity index (χ1) is 19.4. The van der Waals surface area contributed by atoms with E-state index in [4.69, 9.17) is 10.5 Å². The van der Waals surface area contributed by atoms with Crippen LogP contribution in [0.25, 0.3) is 11.1 Å². The Morgan fingerprint density at radius 1 is 0.878 bits per heavy atom. The van der Waals surface area contributed by atoms with E-state index in [9.17, 15) is 28.9 Å². The van der Waals surface area contributed by atoms with Crippen molar-refractivity contribution in [2.24, 2.45) is 17.6 Å². The van der Waals surface area contributed by atoms with Crippen LogP contribution in [-0.4, -0.2) is 45.8 Å². The fraction of sp³-hybridized carbons (Fsp3) is 0.323. The molecular weight excluding hydrogens is 543 g/mol. The van der Waals surface area contributed by atoms with Crippen molar-refractivity contribution in [2.45, 2.75) is 45.6 Å². The molecule has 0 radical (unpaired) electrons. The third kappa shape index (κ3) is 8.60. The lowest BCUT2D eigenvalue weighted by molar-refractivity contribution is -0.144. The average molecular weight is 581 g/mol. The third-order valence-electron chi connectivity index (χ3n) is 6.72. The molecule has 41 heavy (non-hydrogen) atoms. The van der Waals surface area contributed by atoms with Gasteiger partial charge in [0.15, 0.2) is 5.78 Å². The Morgan fingerprint density at radius 2 is 1.41 bits per heavy atom. The first-order valence-electron chi connectivity index (χ1n) is 13.4. The number of benzene rings is 3. The SMILES string of the molecule is CC(C)CC(CP(=O)(O)C(N)C(=O)OCc1ccccc1)C(=O)N(c1ccc(-c2ccccc2)cc1)[C@@H](C)C(=O)O. The maximum Gasteiger partial charge on any atom is 0.333 e. The van der Waals surface area contributed by atoms with Crippen molar-refractivity contribution < 1.29 is 33.7 Å². The van der Waals surface area contributed by atoms with Gasteiger partial charge in [0.1, 0.15) is 12.6 Å². The van der Waals surface area contributed by atoms with E-state index in [1.54, 1.807) is 54.6 Å². The van der Waals surface area contributed by atoms with Crippen molar-refractivity contribution in [3.05, 3.63) is 90.5 Å². The van der Waals surface area contributed by atoms with Crippen LogP contribution in [0.5, 0.6) is 0 Å². The Balaban J connectivity index is 1.85. The number of hydrogen-bond acceptors (Lipinski definition) is 6. The average Bonchev–Trinajstić information content (AvgIpc) is 2.96. The number of carboxylic acid groups (broad SMARTS) is 1. The van der Waals surface area contributed by atoms with Gasteiger partial charge in [-0.2, -0.15) is 0 Å². The summed E-state index contributed by atoms with van der Waals surface area (Å²) in [6, 6.07) is 24.0. The summed E-state index contributed by atoms with van der Waals surface area (Å²) in [4.78, 5) is 50.6. The summed E-state index contributed by atoms with van der Waals surface area (Å²) in [6.07, 6.45) is -0.420. The second-order valence-corrected chi connectivity index (χ2v) is 12.9. The Morgan fingerprint density at radius 3 is 1.95 bits per heavy atom. The standard InChI is InChI=1S/C31H37N2O7P/c1-21(2)18-26(20-41(38,39)28(32)31(37)40-19-23-10-6-4-7-11-23)29(34)33(22(3)30(35)36)27-16-14-25(15-17-27)24-12-8-5-9-13-24/h4-17,21-22,26,28H,18-20,32H2,1-3H3,(H,35,36)(H,38,39)/t22-,26?,28?/m0/s1. The van der Waals surface area contributed by atoms with E-state index >= 15 is 0 Å². The summed E-state index contributed by atoms with van der Waals surface area (Å²) in [5.74, 6) is -5.93. The summed E-state index contributed by atoms with van der Waals surface area (Å²) in [6.45, 7) is 4.94. The predicted octanol–water partition coefficient (Wildman–Crippen LogP) is 5.12. The molecule has 0 bridgehead atoms. The quantitative estimate of drug-likeness (QED) is 0.186. The van der Waals surface area contributed by atoms with Crippen LogP contribution in [0, 0.1) is 11.8 Å². The van der Waals surface area contributed by atoms with Gasteiger partial charge in [0.2, 0.25) is 13.3 Å². The van der Waals surface area contributed by atoms with Gasteiger partial charge in [0.25, 0.3) is 0 Å². The number of amides is 1. The number of nitrogens with zero attached hydrogens (tertiary/aromatic N) is 1. The van der Waals surface area contributed by atoms with Crippen molar-refractivity contribution in [1.29, 1.82) is 0 Å². The fourth-order valence-electron chi connectivity index (χ4n) is 4.52. The van der Waals surface area contributed by atoms with E-state index in [1.165, 1.54) is 6.92 Å². The molecule has 0 saturated heterocycles. The number of carboxylic acids is 1. The minimum atomic E-state index is -4.45. The molecule has 3 aromatic rings. The molecule has 1 amide bonds. The fourth-order valence-corrected chi connectivity index (χ4v) is 6.09. The zero-order valence-electron chi connectivity index (χ0n) is 23.4. The summed E-state index contributed by atoms with van der Waals surface area (Å²) in [5.41, 5.74) is 8.75. The summed E-state index contributed by atoms with van der Waals surface area (Å²) in [7, 11) is -4.45. The number of rotatable bonds is 13. The Labute approximate surface area is 240 Å². The molecule has 10 heteroatoms. The minimum absolute atomic E-state index is 0.0763. The third-order valence-corrected chi connectivity index (χ3v) is 8.77. The van der Waals surface area contributed by atoms with Gasteiger partial charge in [0.05, 0.1) is 0 Å². The lowest BCUT2D eigenvalue weighted by Crippen LogP contribution is -2.48.